The first-order valence-corrected chi connectivity index (χ1v) is 8.94. The van der Waals surface area contributed by atoms with Crippen molar-refractivity contribution in [2.24, 2.45) is 5.10 Å². The number of hydrogen-bond acceptors (Lipinski definition) is 5. The van der Waals surface area contributed by atoms with Crippen LogP contribution in [0.3, 0.4) is 0 Å². The van der Waals surface area contributed by atoms with Crippen LogP contribution in [0.15, 0.2) is 51.7 Å². The van der Waals surface area contributed by atoms with E-state index in [1.165, 1.54) is 4.68 Å². The highest BCUT2D eigenvalue weighted by Crippen LogP contribution is 2.14. The van der Waals surface area contributed by atoms with E-state index in [1.54, 1.807) is 35.6 Å². The van der Waals surface area contributed by atoms with Gasteiger partial charge in [0, 0.05) is 11.9 Å². The first-order chi connectivity index (χ1) is 12.2. The van der Waals surface area contributed by atoms with Crippen LogP contribution in [-0.4, -0.2) is 21.4 Å². The zero-order chi connectivity index (χ0) is 17.8. The van der Waals surface area contributed by atoms with Crippen LogP contribution in [-0.2, 0) is 6.54 Å². The first kappa shape index (κ1) is 17.0. The van der Waals surface area contributed by atoms with Crippen molar-refractivity contribution in [3.05, 3.63) is 62.7 Å². The summed E-state index contributed by atoms with van der Waals surface area (Å²) >= 11 is 1.57. The summed E-state index contributed by atoms with van der Waals surface area (Å²) in [5.74, 6) is -0.430. The number of amides is 1. The maximum absolute atomic E-state index is 12.6. The molecule has 6 nitrogen and oxygen atoms in total. The lowest BCUT2D eigenvalue weighted by molar-refractivity contribution is 0.0949. The molecule has 1 amide bonds. The van der Waals surface area contributed by atoms with Gasteiger partial charge in [-0.3, -0.25) is 9.59 Å². The summed E-state index contributed by atoms with van der Waals surface area (Å²) in [7, 11) is 0. The normalized spacial score (nSPS) is 11.7. The van der Waals surface area contributed by atoms with Crippen molar-refractivity contribution >= 4 is 33.7 Å². The topological polar surface area (TPSA) is 76.3 Å². The van der Waals surface area contributed by atoms with Gasteiger partial charge in [0.25, 0.3) is 11.5 Å². The number of hydrogen-bond donors (Lipinski definition) is 1. The van der Waals surface area contributed by atoms with Crippen molar-refractivity contribution in [2.75, 3.05) is 0 Å². The molecule has 0 fully saturated rings. The van der Waals surface area contributed by atoms with Crippen LogP contribution in [0.4, 0.5) is 0 Å². The highest BCUT2D eigenvalue weighted by molar-refractivity contribution is 7.12. The Morgan fingerprint density at radius 3 is 2.60 bits per heavy atom. The largest absolute Gasteiger partial charge is 0.292 e. The maximum Gasteiger partial charge on any atom is 0.292 e. The van der Waals surface area contributed by atoms with Crippen LogP contribution in [0.2, 0.25) is 0 Å². The molecule has 25 heavy (non-hydrogen) atoms. The van der Waals surface area contributed by atoms with E-state index in [4.69, 9.17) is 0 Å². The summed E-state index contributed by atoms with van der Waals surface area (Å²) in [5.41, 5.74) is 3.38. The Morgan fingerprint density at radius 1 is 1.20 bits per heavy atom. The summed E-state index contributed by atoms with van der Waals surface area (Å²) < 4.78 is 1.29. The molecule has 0 saturated carbocycles. The molecule has 2 heterocycles. The SMILES string of the molecule is CC/C(=N/NC(=O)c1nn(CC)c(=O)c2ccccc12)c1cccs1. The number of fused-ring (bicyclic) bond motifs is 1. The lowest BCUT2D eigenvalue weighted by Crippen LogP contribution is -2.29. The van der Waals surface area contributed by atoms with Gasteiger partial charge in [-0.1, -0.05) is 31.2 Å². The number of aryl methyl sites for hydroxylation is 1. The predicted molar refractivity (Wildman–Crippen MR) is 100 cm³/mol. The zero-order valence-electron chi connectivity index (χ0n) is 14.0. The molecule has 0 aliphatic rings. The first-order valence-electron chi connectivity index (χ1n) is 8.06. The van der Waals surface area contributed by atoms with E-state index in [0.717, 1.165) is 10.6 Å². The fourth-order valence-corrected chi connectivity index (χ4v) is 3.33. The molecule has 0 saturated heterocycles. The van der Waals surface area contributed by atoms with Gasteiger partial charge in [0.2, 0.25) is 0 Å². The smallest absolute Gasteiger partial charge is 0.267 e. The van der Waals surface area contributed by atoms with Crippen molar-refractivity contribution in [1.82, 2.24) is 15.2 Å². The third kappa shape index (κ3) is 3.36. The molecule has 1 aromatic carbocycles. The molecule has 0 atom stereocenters. The minimum absolute atomic E-state index is 0.197. The van der Waals surface area contributed by atoms with Gasteiger partial charge in [0.15, 0.2) is 5.69 Å². The molecule has 0 aliphatic carbocycles. The summed E-state index contributed by atoms with van der Waals surface area (Å²) in [4.78, 5) is 26.0. The average molecular weight is 354 g/mol. The minimum Gasteiger partial charge on any atom is -0.267 e. The Balaban J connectivity index is 2.00. The zero-order valence-corrected chi connectivity index (χ0v) is 14.8. The number of aromatic nitrogens is 2. The third-order valence-corrected chi connectivity index (χ3v) is 4.73. The average Bonchev–Trinajstić information content (AvgIpc) is 3.17. The van der Waals surface area contributed by atoms with E-state index in [-0.39, 0.29) is 11.3 Å². The molecule has 1 N–H and O–H groups in total. The molecule has 7 heteroatoms. The molecule has 0 spiro atoms. The van der Waals surface area contributed by atoms with Crippen molar-refractivity contribution in [3.63, 3.8) is 0 Å². The fourth-order valence-electron chi connectivity index (χ4n) is 2.54. The Kier molecular flexibility index (Phi) is 5.04. The van der Waals surface area contributed by atoms with Gasteiger partial charge in [0.05, 0.1) is 16.0 Å². The molecular weight excluding hydrogens is 336 g/mol. The lowest BCUT2D eigenvalue weighted by Gasteiger charge is -2.09. The number of hydrazone groups is 1. The van der Waals surface area contributed by atoms with Gasteiger partial charge in [-0.05, 0) is 30.9 Å². The quantitative estimate of drug-likeness (QED) is 0.565. The number of nitrogens with one attached hydrogen (secondary N) is 1. The minimum atomic E-state index is -0.430. The molecule has 3 aromatic rings. The lowest BCUT2D eigenvalue weighted by atomic mass is 10.1. The number of nitrogens with zero attached hydrogens (tertiary/aromatic N) is 3. The van der Waals surface area contributed by atoms with Crippen molar-refractivity contribution in [2.45, 2.75) is 26.8 Å². The Labute approximate surface area is 148 Å². The van der Waals surface area contributed by atoms with Crippen LogP contribution in [0.25, 0.3) is 10.8 Å². The van der Waals surface area contributed by atoms with Gasteiger partial charge in [-0.2, -0.15) is 10.2 Å². The van der Waals surface area contributed by atoms with Crippen LogP contribution in [0.5, 0.6) is 0 Å². The Hall–Kier alpha value is -2.80. The highest BCUT2D eigenvalue weighted by Gasteiger charge is 2.16. The summed E-state index contributed by atoms with van der Waals surface area (Å²) in [6, 6.07) is 10.9. The monoisotopic (exact) mass is 354 g/mol. The molecule has 2 aromatic heterocycles. The molecule has 3 rings (SSSR count). The van der Waals surface area contributed by atoms with E-state index in [0.29, 0.717) is 23.7 Å². The van der Waals surface area contributed by atoms with E-state index >= 15 is 0 Å². The second kappa shape index (κ2) is 7.40. The molecule has 0 bridgehead atoms. The second-order valence-electron chi connectivity index (χ2n) is 5.35. The Bertz CT molecular complexity index is 990. The van der Waals surface area contributed by atoms with Gasteiger partial charge >= 0.3 is 0 Å². The number of benzene rings is 1. The van der Waals surface area contributed by atoms with Gasteiger partial charge < -0.3 is 0 Å². The van der Waals surface area contributed by atoms with Crippen LogP contribution >= 0.6 is 11.3 Å². The number of carbonyl (C=O) groups excluding carboxylic acids is 1. The van der Waals surface area contributed by atoms with E-state index in [2.05, 4.69) is 15.6 Å². The molecule has 128 valence electrons. The molecule has 0 unspecified atom stereocenters. The van der Waals surface area contributed by atoms with Gasteiger partial charge in [-0.25, -0.2) is 10.1 Å². The standard InChI is InChI=1S/C18H18N4O2S/c1-3-14(15-10-7-11-25-15)19-20-17(23)16-12-8-5-6-9-13(12)18(24)22(4-2)21-16/h5-11H,3-4H2,1-2H3,(H,20,23)/b19-14-. The highest BCUT2D eigenvalue weighted by atomic mass is 32.1. The van der Waals surface area contributed by atoms with Crippen molar-refractivity contribution in [1.29, 1.82) is 0 Å². The van der Waals surface area contributed by atoms with Gasteiger partial charge in [0.1, 0.15) is 0 Å². The van der Waals surface area contributed by atoms with Crippen LogP contribution < -0.4 is 11.0 Å². The third-order valence-electron chi connectivity index (χ3n) is 3.82. The van der Waals surface area contributed by atoms with Crippen LogP contribution in [0, 0.1) is 0 Å². The van der Waals surface area contributed by atoms with E-state index in [9.17, 15) is 9.59 Å². The Morgan fingerprint density at radius 2 is 1.96 bits per heavy atom. The maximum atomic E-state index is 12.6. The number of thiophene rings is 1. The number of carbonyl (C=O) groups is 1. The molecule has 0 aliphatic heterocycles. The van der Waals surface area contributed by atoms with Gasteiger partial charge in [-0.15, -0.1) is 11.3 Å². The summed E-state index contributed by atoms with van der Waals surface area (Å²) in [6.45, 7) is 4.19. The predicted octanol–water partition coefficient (Wildman–Crippen LogP) is 3.02. The van der Waals surface area contributed by atoms with Crippen LogP contribution in [0.1, 0.15) is 35.6 Å². The summed E-state index contributed by atoms with van der Waals surface area (Å²) in [6.07, 6.45) is 0.698. The van der Waals surface area contributed by atoms with Crippen molar-refractivity contribution in [3.8, 4) is 0 Å². The second-order valence-corrected chi connectivity index (χ2v) is 6.29. The van der Waals surface area contributed by atoms with E-state index in [1.807, 2.05) is 31.4 Å². The molecule has 0 radical (unpaired) electrons. The van der Waals surface area contributed by atoms with E-state index < -0.39 is 5.91 Å². The summed E-state index contributed by atoms with van der Waals surface area (Å²) in [5, 5.41) is 11.4. The fraction of sp³-hybridized carbons (Fsp3) is 0.222. The number of rotatable bonds is 5. The molecular formula is C18H18N4O2S. The van der Waals surface area contributed by atoms with Crippen molar-refractivity contribution < 1.29 is 4.79 Å².